The molecule has 32 heavy (non-hydrogen) atoms. The SMILES string of the molecule is Cc1nn(Cc2ccc(C(=O)NN=C3CCCCCCCCCCC3)o2)c(C)c1[N+](=O)[O-]. The molecule has 0 aromatic carbocycles. The summed E-state index contributed by atoms with van der Waals surface area (Å²) in [5.41, 5.74) is 4.49. The number of rotatable bonds is 5. The van der Waals surface area contributed by atoms with Crippen LogP contribution < -0.4 is 5.43 Å². The van der Waals surface area contributed by atoms with Crippen LogP contribution in [0.25, 0.3) is 0 Å². The topological polar surface area (TPSA) is 116 Å². The summed E-state index contributed by atoms with van der Waals surface area (Å²) in [5, 5.41) is 19.8. The Balaban J connectivity index is 1.59. The van der Waals surface area contributed by atoms with Crippen molar-refractivity contribution in [3.63, 3.8) is 0 Å². The van der Waals surface area contributed by atoms with Gasteiger partial charge < -0.3 is 4.42 Å². The third-order valence-electron chi connectivity index (χ3n) is 5.96. The predicted molar refractivity (Wildman–Crippen MR) is 122 cm³/mol. The molecular formula is C23H33N5O4. The molecule has 1 aliphatic rings. The Labute approximate surface area is 188 Å². The number of nitro groups is 1. The highest BCUT2D eigenvalue weighted by Gasteiger charge is 2.22. The minimum atomic E-state index is -0.434. The summed E-state index contributed by atoms with van der Waals surface area (Å²) < 4.78 is 7.17. The van der Waals surface area contributed by atoms with Gasteiger partial charge in [-0.25, -0.2) is 5.43 Å². The zero-order chi connectivity index (χ0) is 22.9. The molecule has 9 nitrogen and oxygen atoms in total. The number of furan rings is 1. The van der Waals surface area contributed by atoms with E-state index in [0.717, 1.165) is 31.4 Å². The van der Waals surface area contributed by atoms with Crippen molar-refractivity contribution in [1.82, 2.24) is 15.2 Å². The first-order valence-corrected chi connectivity index (χ1v) is 11.6. The Morgan fingerprint density at radius 3 is 2.25 bits per heavy atom. The first kappa shape index (κ1) is 23.7. The molecule has 0 radical (unpaired) electrons. The Morgan fingerprint density at radius 1 is 1.09 bits per heavy atom. The molecule has 0 spiro atoms. The van der Waals surface area contributed by atoms with E-state index in [1.165, 1.54) is 49.6 Å². The number of hydrazone groups is 1. The lowest BCUT2D eigenvalue weighted by Gasteiger charge is -2.09. The van der Waals surface area contributed by atoms with Crippen molar-refractivity contribution in [2.45, 2.75) is 91.0 Å². The van der Waals surface area contributed by atoms with Gasteiger partial charge in [0.15, 0.2) is 5.76 Å². The van der Waals surface area contributed by atoms with E-state index in [9.17, 15) is 14.9 Å². The smallest absolute Gasteiger partial charge is 0.312 e. The zero-order valence-corrected chi connectivity index (χ0v) is 19.1. The highest BCUT2D eigenvalue weighted by atomic mass is 16.6. The van der Waals surface area contributed by atoms with Crippen LogP contribution in [0, 0.1) is 24.0 Å². The first-order valence-electron chi connectivity index (χ1n) is 11.6. The summed E-state index contributed by atoms with van der Waals surface area (Å²) in [4.78, 5) is 23.3. The number of hydrogen-bond donors (Lipinski definition) is 1. The highest BCUT2D eigenvalue weighted by molar-refractivity contribution is 5.93. The van der Waals surface area contributed by atoms with Crippen LogP contribution in [0.4, 0.5) is 5.69 Å². The van der Waals surface area contributed by atoms with Gasteiger partial charge in [-0.05, 0) is 51.7 Å². The van der Waals surface area contributed by atoms with Crippen LogP contribution in [0.1, 0.15) is 98.3 Å². The summed E-state index contributed by atoms with van der Waals surface area (Å²) in [6.45, 7) is 3.46. The molecule has 1 N–H and O–H groups in total. The van der Waals surface area contributed by atoms with Gasteiger partial charge in [0, 0.05) is 5.71 Å². The maximum absolute atomic E-state index is 12.5. The molecule has 2 heterocycles. The van der Waals surface area contributed by atoms with Gasteiger partial charge in [0.25, 0.3) is 0 Å². The number of nitrogens with one attached hydrogen (secondary N) is 1. The van der Waals surface area contributed by atoms with Crippen LogP contribution in [-0.4, -0.2) is 26.3 Å². The molecule has 174 valence electrons. The van der Waals surface area contributed by atoms with Crippen LogP contribution in [0.15, 0.2) is 21.7 Å². The number of aromatic nitrogens is 2. The van der Waals surface area contributed by atoms with Crippen LogP contribution >= 0.6 is 0 Å². The highest BCUT2D eigenvalue weighted by Crippen LogP contribution is 2.23. The van der Waals surface area contributed by atoms with Crippen molar-refractivity contribution in [2.24, 2.45) is 5.10 Å². The van der Waals surface area contributed by atoms with E-state index >= 15 is 0 Å². The Bertz CT molecular complexity index is 946. The third kappa shape index (κ3) is 6.51. The number of aryl methyl sites for hydroxylation is 1. The maximum Gasteiger partial charge on any atom is 0.312 e. The van der Waals surface area contributed by atoms with E-state index in [2.05, 4.69) is 15.6 Å². The fraction of sp³-hybridized carbons (Fsp3) is 0.609. The number of carbonyl (C=O) groups excluding carboxylic acids is 1. The fourth-order valence-corrected chi connectivity index (χ4v) is 4.16. The molecule has 3 rings (SSSR count). The van der Waals surface area contributed by atoms with Gasteiger partial charge in [-0.1, -0.05) is 44.9 Å². The Kier molecular flexibility index (Phi) is 8.58. The lowest BCUT2D eigenvalue weighted by Crippen LogP contribution is -2.19. The molecule has 1 saturated carbocycles. The zero-order valence-electron chi connectivity index (χ0n) is 19.1. The fourth-order valence-electron chi connectivity index (χ4n) is 4.16. The molecule has 0 unspecified atom stereocenters. The van der Waals surface area contributed by atoms with E-state index in [1.54, 1.807) is 26.0 Å². The quantitative estimate of drug-likeness (QED) is 0.488. The second-order valence-corrected chi connectivity index (χ2v) is 8.50. The monoisotopic (exact) mass is 443 g/mol. The second-order valence-electron chi connectivity index (χ2n) is 8.50. The number of amides is 1. The summed E-state index contributed by atoms with van der Waals surface area (Å²) in [6, 6.07) is 3.27. The predicted octanol–water partition coefficient (Wildman–Crippen LogP) is 5.44. The minimum Gasteiger partial charge on any atom is -0.454 e. The molecule has 0 saturated heterocycles. The lowest BCUT2D eigenvalue weighted by molar-refractivity contribution is -0.386. The number of carbonyl (C=O) groups is 1. The van der Waals surface area contributed by atoms with Crippen molar-refractivity contribution < 1.29 is 14.1 Å². The molecular weight excluding hydrogens is 410 g/mol. The van der Waals surface area contributed by atoms with Gasteiger partial charge in [0.1, 0.15) is 17.1 Å². The summed E-state index contributed by atoms with van der Waals surface area (Å²) >= 11 is 0. The molecule has 1 fully saturated rings. The summed E-state index contributed by atoms with van der Waals surface area (Å²) in [5.74, 6) is 0.261. The van der Waals surface area contributed by atoms with E-state index < -0.39 is 10.8 Å². The molecule has 2 aromatic heterocycles. The molecule has 0 aliphatic heterocycles. The van der Waals surface area contributed by atoms with Crippen molar-refractivity contribution in [2.75, 3.05) is 0 Å². The van der Waals surface area contributed by atoms with Crippen molar-refractivity contribution in [3.8, 4) is 0 Å². The Morgan fingerprint density at radius 2 is 1.69 bits per heavy atom. The van der Waals surface area contributed by atoms with Gasteiger partial charge in [0.05, 0.1) is 11.5 Å². The molecule has 1 aliphatic carbocycles. The average molecular weight is 444 g/mol. The van der Waals surface area contributed by atoms with E-state index in [4.69, 9.17) is 4.42 Å². The van der Waals surface area contributed by atoms with Crippen molar-refractivity contribution in [1.29, 1.82) is 0 Å². The van der Waals surface area contributed by atoms with E-state index in [-0.39, 0.29) is 18.0 Å². The summed E-state index contributed by atoms with van der Waals surface area (Å²) in [6.07, 6.45) is 13.0. The van der Waals surface area contributed by atoms with Gasteiger partial charge in [-0.15, -0.1) is 0 Å². The van der Waals surface area contributed by atoms with Crippen molar-refractivity contribution in [3.05, 3.63) is 45.2 Å². The molecule has 0 bridgehead atoms. The van der Waals surface area contributed by atoms with Gasteiger partial charge >= 0.3 is 11.6 Å². The maximum atomic E-state index is 12.5. The van der Waals surface area contributed by atoms with Gasteiger partial charge in [-0.2, -0.15) is 10.2 Å². The van der Waals surface area contributed by atoms with Crippen LogP contribution in [0.3, 0.4) is 0 Å². The van der Waals surface area contributed by atoms with Crippen molar-refractivity contribution >= 4 is 17.3 Å². The van der Waals surface area contributed by atoms with E-state index in [0.29, 0.717) is 17.1 Å². The average Bonchev–Trinajstić information content (AvgIpc) is 3.31. The molecule has 0 atom stereocenters. The second kappa shape index (κ2) is 11.6. The molecule has 1 amide bonds. The van der Waals surface area contributed by atoms with Gasteiger partial charge in [0.2, 0.25) is 0 Å². The van der Waals surface area contributed by atoms with Gasteiger partial charge in [-0.3, -0.25) is 19.6 Å². The minimum absolute atomic E-state index is 0.00220. The van der Waals surface area contributed by atoms with Crippen LogP contribution in [-0.2, 0) is 6.54 Å². The van der Waals surface area contributed by atoms with Crippen LogP contribution in [0.2, 0.25) is 0 Å². The first-order chi connectivity index (χ1) is 15.5. The standard InChI is InChI=1S/C23H33N5O4/c1-17-22(28(30)31)18(2)27(26-17)16-20-14-15-21(32-20)23(29)25-24-19-12-10-8-6-4-3-5-7-9-11-13-19/h14-15H,3-13,16H2,1-2H3,(H,25,29). The normalized spacial score (nSPS) is 16.1. The van der Waals surface area contributed by atoms with E-state index in [1.807, 2.05) is 0 Å². The van der Waals surface area contributed by atoms with Crippen LogP contribution in [0.5, 0.6) is 0 Å². The Hall–Kier alpha value is -2.97. The molecule has 2 aromatic rings. The summed E-state index contributed by atoms with van der Waals surface area (Å²) in [7, 11) is 0. The largest absolute Gasteiger partial charge is 0.454 e. The third-order valence-corrected chi connectivity index (χ3v) is 5.96. The number of hydrogen-bond acceptors (Lipinski definition) is 6. The number of nitrogens with zero attached hydrogens (tertiary/aromatic N) is 4. The lowest BCUT2D eigenvalue weighted by atomic mass is 10.00. The molecule has 9 heteroatoms.